The van der Waals surface area contributed by atoms with Gasteiger partial charge in [-0.25, -0.2) is 0 Å². The molecule has 0 aromatic heterocycles. The van der Waals surface area contributed by atoms with E-state index in [0.717, 1.165) is 22.8 Å². The van der Waals surface area contributed by atoms with Crippen molar-refractivity contribution in [2.24, 2.45) is 0 Å². The van der Waals surface area contributed by atoms with Crippen molar-refractivity contribution in [3.63, 3.8) is 0 Å². The molecule has 0 aliphatic heterocycles. The van der Waals surface area contributed by atoms with Crippen LogP contribution in [0.5, 0.6) is 0 Å². The van der Waals surface area contributed by atoms with Crippen LogP contribution in [0.25, 0.3) is 10.6 Å². The summed E-state index contributed by atoms with van der Waals surface area (Å²) >= 11 is 0.194. The fraction of sp³-hybridized carbons (Fsp3) is 0.280. The molecule has 0 heterocycles. The Morgan fingerprint density at radius 3 is 1.16 bits per heavy atom. The molecular formula is C25H32Cl2FeN2O2-2. The van der Waals surface area contributed by atoms with Crippen molar-refractivity contribution in [2.75, 3.05) is 0 Å². The molecule has 2 rings (SSSR count). The summed E-state index contributed by atoms with van der Waals surface area (Å²) in [5.41, 5.74) is 5.65. The molecule has 0 bridgehead atoms. The van der Waals surface area contributed by atoms with Crippen LogP contribution in [0.2, 0.25) is 0 Å². The van der Waals surface area contributed by atoms with Crippen LogP contribution < -0.4 is 0 Å². The predicted molar refractivity (Wildman–Crippen MR) is 136 cm³/mol. The van der Waals surface area contributed by atoms with Crippen molar-refractivity contribution in [2.45, 2.75) is 49.0 Å². The molecule has 0 radical (unpaired) electrons. The normalized spacial score (nSPS) is 10.5. The van der Waals surface area contributed by atoms with Crippen LogP contribution in [0.15, 0.2) is 72.1 Å². The van der Waals surface area contributed by atoms with Crippen LogP contribution in [-0.2, 0) is 22.7 Å². The molecule has 0 fully saturated rings. The summed E-state index contributed by atoms with van der Waals surface area (Å²) in [4.78, 5) is 21.5. The fourth-order valence-electron chi connectivity index (χ4n) is 2.30. The van der Waals surface area contributed by atoms with E-state index in [0.29, 0.717) is 0 Å². The van der Waals surface area contributed by atoms with Gasteiger partial charge in [-0.3, -0.25) is 9.59 Å². The zero-order valence-electron chi connectivity index (χ0n) is 18.6. The second kappa shape index (κ2) is 18.5. The second-order valence-corrected chi connectivity index (χ2v) is 8.56. The maximum absolute atomic E-state index is 10.8. The second-order valence-electron chi connectivity index (χ2n) is 6.74. The monoisotopic (exact) mass is 518 g/mol. The van der Waals surface area contributed by atoms with E-state index in [1.54, 1.807) is 0 Å². The van der Waals surface area contributed by atoms with Crippen LogP contribution in [0.3, 0.4) is 0 Å². The number of benzene rings is 2. The molecule has 0 spiro atoms. The van der Waals surface area contributed by atoms with E-state index in [2.05, 4.69) is 10.6 Å². The topological polar surface area (TPSA) is 62.3 Å². The number of hydrogen-bond acceptors (Lipinski definition) is 2. The molecule has 0 aliphatic rings. The van der Waals surface area contributed by atoms with E-state index in [1.807, 2.05) is 76.2 Å². The van der Waals surface area contributed by atoms with Gasteiger partial charge in [-0.1, -0.05) is 80.9 Å². The Labute approximate surface area is 208 Å². The number of rotatable bonds is 6. The zero-order valence-corrected chi connectivity index (χ0v) is 21.2. The summed E-state index contributed by atoms with van der Waals surface area (Å²) in [6.45, 7) is 10.7. The molecule has 0 saturated heterocycles. The van der Waals surface area contributed by atoms with Gasteiger partial charge in [-0.15, -0.1) is 11.4 Å². The number of carbonyl (C=O) groups excluding carboxylic acids is 2. The van der Waals surface area contributed by atoms with Gasteiger partial charge in [-0.05, 0) is 39.8 Å². The van der Waals surface area contributed by atoms with Gasteiger partial charge in [0.15, 0.2) is 11.6 Å². The zero-order chi connectivity index (χ0) is 23.8. The maximum atomic E-state index is 10.8. The number of nitrogens with zero attached hydrogens (tertiary/aromatic N) is 2. The third-order valence-electron chi connectivity index (χ3n) is 3.50. The number of ketones is 2. The molecule has 0 N–H and O–H groups in total. The van der Waals surface area contributed by atoms with Crippen molar-refractivity contribution in [3.8, 4) is 0 Å². The average Bonchev–Trinajstić information content (AvgIpc) is 2.65. The van der Waals surface area contributed by atoms with E-state index < -0.39 is 0 Å². The molecule has 7 heteroatoms. The van der Waals surface area contributed by atoms with Crippen molar-refractivity contribution in [3.05, 3.63) is 93.8 Å². The Kier molecular flexibility index (Phi) is 18.6. The van der Waals surface area contributed by atoms with E-state index in [-0.39, 0.29) is 32.1 Å². The summed E-state index contributed by atoms with van der Waals surface area (Å²) in [6, 6.07) is 15.7. The van der Waals surface area contributed by atoms with Crippen molar-refractivity contribution < 1.29 is 22.7 Å². The number of hydrogen-bond donors (Lipinski definition) is 0. The van der Waals surface area contributed by atoms with Crippen LogP contribution in [0.1, 0.15) is 46.2 Å². The molecule has 2 aromatic rings. The number of aryl methyl sites for hydroxylation is 2. The molecule has 0 saturated carbocycles. The fourth-order valence-corrected chi connectivity index (χ4v) is 2.30. The first-order chi connectivity index (χ1) is 14.6. The Morgan fingerprint density at radius 1 is 0.688 bits per heavy atom. The van der Waals surface area contributed by atoms with Crippen LogP contribution in [0, 0.1) is 13.8 Å². The van der Waals surface area contributed by atoms with Gasteiger partial charge in [0.2, 0.25) is 0 Å². The molecule has 0 unspecified atom stereocenters. The van der Waals surface area contributed by atoms with E-state index in [1.165, 1.54) is 37.1 Å². The SMILES string of the molecule is C.CC(=O)C=C(C)[N-]c1ccc(C)cc1.CC(=O)C=C(C)[N-]c1ccc(C)cc1.[Cl][Fe][Cl]. The molecule has 4 nitrogen and oxygen atoms in total. The molecule has 0 aliphatic carbocycles. The van der Waals surface area contributed by atoms with Crippen molar-refractivity contribution in [1.82, 2.24) is 0 Å². The summed E-state index contributed by atoms with van der Waals surface area (Å²) in [5.74, 6) is 0.0525. The minimum absolute atomic E-state index is 0. The number of halogens is 2. The quantitative estimate of drug-likeness (QED) is 0.283. The third kappa shape index (κ3) is 17.6. The Balaban J connectivity index is 0. The molecule has 178 valence electrons. The third-order valence-corrected chi connectivity index (χ3v) is 3.50. The van der Waals surface area contributed by atoms with Crippen molar-refractivity contribution >= 4 is 43.1 Å². The Hall–Kier alpha value is -2.04. The van der Waals surface area contributed by atoms with Gasteiger partial charge >= 0.3 is 33.3 Å². The van der Waals surface area contributed by atoms with Gasteiger partial charge in [-0.2, -0.15) is 11.4 Å². The first-order valence-electron chi connectivity index (χ1n) is 9.37. The first kappa shape index (κ1) is 32.1. The van der Waals surface area contributed by atoms with Gasteiger partial charge < -0.3 is 10.6 Å². The summed E-state index contributed by atoms with van der Waals surface area (Å²) in [5, 5.41) is 8.56. The Bertz CT molecular complexity index is 804. The van der Waals surface area contributed by atoms with Crippen LogP contribution >= 0.6 is 20.2 Å². The van der Waals surface area contributed by atoms with Crippen LogP contribution in [0.4, 0.5) is 11.4 Å². The predicted octanol–water partition coefficient (Wildman–Crippen LogP) is 9.00. The van der Waals surface area contributed by atoms with Gasteiger partial charge in [0.05, 0.1) is 0 Å². The van der Waals surface area contributed by atoms with E-state index in [9.17, 15) is 9.59 Å². The summed E-state index contributed by atoms with van der Waals surface area (Å²) in [6.07, 6.45) is 3.06. The van der Waals surface area contributed by atoms with Gasteiger partial charge in [0, 0.05) is 0 Å². The number of allylic oxidation sites excluding steroid dienone is 4. The van der Waals surface area contributed by atoms with Gasteiger partial charge in [0.25, 0.3) is 0 Å². The summed E-state index contributed by atoms with van der Waals surface area (Å²) in [7, 11) is 9.53. The summed E-state index contributed by atoms with van der Waals surface area (Å²) < 4.78 is 0. The average molecular weight is 519 g/mol. The molecular weight excluding hydrogens is 487 g/mol. The standard InChI is InChI=1S/2C12H15NO.CH4.2ClH.Fe/c2*1-9-4-6-12(7-5-9)13-10(2)8-11(3)14;;;;/h2*4-8H,1-3H3,(H,13,14);1H4;2*1H;/q;;;;;+2/p-4. The number of carbonyl (C=O) groups is 2. The van der Waals surface area contributed by atoms with Gasteiger partial charge in [0.1, 0.15) is 0 Å². The molecule has 0 atom stereocenters. The molecule has 32 heavy (non-hydrogen) atoms. The molecule has 0 amide bonds. The minimum atomic E-state index is 0. The molecule has 2 aromatic carbocycles. The Morgan fingerprint density at radius 2 is 0.938 bits per heavy atom. The first-order valence-corrected chi connectivity index (χ1v) is 12.4. The van der Waals surface area contributed by atoms with Crippen LogP contribution in [-0.4, -0.2) is 11.6 Å². The van der Waals surface area contributed by atoms with Crippen molar-refractivity contribution in [1.29, 1.82) is 0 Å². The van der Waals surface area contributed by atoms with E-state index >= 15 is 0 Å². The van der Waals surface area contributed by atoms with E-state index in [4.69, 9.17) is 20.2 Å².